The van der Waals surface area contributed by atoms with Gasteiger partial charge in [0.1, 0.15) is 17.3 Å². The van der Waals surface area contributed by atoms with Crippen molar-refractivity contribution in [3.05, 3.63) is 58.4 Å². The topological polar surface area (TPSA) is 46.5 Å². The summed E-state index contributed by atoms with van der Waals surface area (Å²) in [4.78, 5) is 10.9. The SMILES string of the molecule is C[C@H](CC(F)(F)F)c1ccc(Oc2ccc(F)c(C(=O)O)c2)cc1Cl. The molecule has 0 fully saturated rings. The maximum absolute atomic E-state index is 13.4. The third-order valence-electron chi connectivity index (χ3n) is 3.44. The Morgan fingerprint density at radius 2 is 1.80 bits per heavy atom. The zero-order valence-electron chi connectivity index (χ0n) is 12.9. The van der Waals surface area contributed by atoms with Crippen molar-refractivity contribution in [3.63, 3.8) is 0 Å². The van der Waals surface area contributed by atoms with Crippen LogP contribution in [0.4, 0.5) is 17.6 Å². The Morgan fingerprint density at radius 1 is 1.20 bits per heavy atom. The first-order valence-electron chi connectivity index (χ1n) is 7.13. The molecule has 2 aromatic rings. The minimum absolute atomic E-state index is 0.0611. The molecule has 25 heavy (non-hydrogen) atoms. The Balaban J connectivity index is 2.21. The number of benzene rings is 2. The second kappa shape index (κ2) is 7.31. The minimum atomic E-state index is -4.31. The lowest BCUT2D eigenvalue weighted by Crippen LogP contribution is -2.12. The van der Waals surface area contributed by atoms with E-state index >= 15 is 0 Å². The predicted octanol–water partition coefficient (Wildman–Crippen LogP) is 6.03. The summed E-state index contributed by atoms with van der Waals surface area (Å²) >= 11 is 6.02. The van der Waals surface area contributed by atoms with Crippen molar-refractivity contribution in [3.8, 4) is 11.5 Å². The highest BCUT2D eigenvalue weighted by Gasteiger charge is 2.31. The van der Waals surface area contributed by atoms with Gasteiger partial charge in [0.15, 0.2) is 0 Å². The average Bonchev–Trinajstić information content (AvgIpc) is 2.47. The summed E-state index contributed by atoms with van der Waals surface area (Å²) in [7, 11) is 0. The molecule has 0 aliphatic carbocycles. The molecule has 0 spiro atoms. The second-order valence-corrected chi connectivity index (χ2v) is 5.86. The molecule has 1 atom stereocenters. The van der Waals surface area contributed by atoms with Gasteiger partial charge < -0.3 is 9.84 Å². The number of rotatable bonds is 5. The molecule has 0 unspecified atom stereocenters. The van der Waals surface area contributed by atoms with E-state index in [-0.39, 0.29) is 16.5 Å². The van der Waals surface area contributed by atoms with Gasteiger partial charge in [-0.25, -0.2) is 9.18 Å². The molecule has 2 aromatic carbocycles. The van der Waals surface area contributed by atoms with Gasteiger partial charge in [0.25, 0.3) is 0 Å². The number of carboxylic acids is 1. The first-order valence-corrected chi connectivity index (χ1v) is 7.51. The van der Waals surface area contributed by atoms with Crippen LogP contribution in [0.1, 0.15) is 35.2 Å². The average molecular weight is 377 g/mol. The van der Waals surface area contributed by atoms with Crippen LogP contribution in [0.2, 0.25) is 5.02 Å². The lowest BCUT2D eigenvalue weighted by molar-refractivity contribution is -0.137. The Hall–Kier alpha value is -2.28. The van der Waals surface area contributed by atoms with E-state index in [2.05, 4.69) is 0 Å². The van der Waals surface area contributed by atoms with E-state index < -0.39 is 35.9 Å². The van der Waals surface area contributed by atoms with Gasteiger partial charge in [-0.3, -0.25) is 0 Å². The van der Waals surface area contributed by atoms with Gasteiger partial charge in [0, 0.05) is 5.02 Å². The number of carboxylic acid groups (broad SMARTS) is 1. The van der Waals surface area contributed by atoms with Gasteiger partial charge in [0.05, 0.1) is 12.0 Å². The lowest BCUT2D eigenvalue weighted by atomic mass is 9.97. The first-order chi connectivity index (χ1) is 11.6. The van der Waals surface area contributed by atoms with Gasteiger partial charge in [-0.2, -0.15) is 13.2 Å². The summed E-state index contributed by atoms with van der Waals surface area (Å²) in [5.41, 5.74) is -0.240. The molecule has 0 aliphatic heterocycles. The third-order valence-corrected chi connectivity index (χ3v) is 3.77. The fourth-order valence-corrected chi connectivity index (χ4v) is 2.65. The van der Waals surface area contributed by atoms with Crippen LogP contribution in [0, 0.1) is 5.82 Å². The fraction of sp³-hybridized carbons (Fsp3) is 0.235. The van der Waals surface area contributed by atoms with Crippen LogP contribution in [0.5, 0.6) is 11.5 Å². The Kier molecular flexibility index (Phi) is 5.57. The summed E-state index contributed by atoms with van der Waals surface area (Å²) in [5.74, 6) is -2.93. The highest BCUT2D eigenvalue weighted by atomic mass is 35.5. The first kappa shape index (κ1) is 19.1. The Morgan fingerprint density at radius 3 is 2.36 bits per heavy atom. The molecule has 2 rings (SSSR count). The number of alkyl halides is 3. The highest BCUT2D eigenvalue weighted by Crippen LogP contribution is 2.36. The molecule has 0 bridgehead atoms. The summed E-state index contributed by atoms with van der Waals surface area (Å²) in [6, 6.07) is 7.34. The number of aromatic carboxylic acids is 1. The van der Waals surface area contributed by atoms with E-state index in [4.69, 9.17) is 21.4 Å². The van der Waals surface area contributed by atoms with Crippen molar-refractivity contribution in [2.75, 3.05) is 0 Å². The summed E-state index contributed by atoms with van der Waals surface area (Å²) < 4.78 is 56.2. The molecule has 0 radical (unpaired) electrons. The van der Waals surface area contributed by atoms with Gasteiger partial charge in [-0.15, -0.1) is 0 Å². The van der Waals surface area contributed by atoms with Gasteiger partial charge >= 0.3 is 12.1 Å². The number of ether oxygens (including phenoxy) is 1. The summed E-state index contributed by atoms with van der Waals surface area (Å²) in [6.07, 6.45) is -5.31. The van der Waals surface area contributed by atoms with Crippen LogP contribution >= 0.6 is 11.6 Å². The predicted molar refractivity (Wildman–Crippen MR) is 84.0 cm³/mol. The normalized spacial score (nSPS) is 12.7. The molecule has 0 saturated carbocycles. The van der Waals surface area contributed by atoms with Crippen LogP contribution in [-0.2, 0) is 0 Å². The molecule has 0 saturated heterocycles. The van der Waals surface area contributed by atoms with E-state index in [1.54, 1.807) is 0 Å². The molecule has 1 N–H and O–H groups in total. The third kappa shape index (κ3) is 5.09. The number of carbonyl (C=O) groups is 1. The zero-order chi connectivity index (χ0) is 18.8. The van der Waals surface area contributed by atoms with Crippen molar-refractivity contribution in [2.24, 2.45) is 0 Å². The van der Waals surface area contributed by atoms with Crippen LogP contribution in [-0.4, -0.2) is 17.3 Å². The second-order valence-electron chi connectivity index (χ2n) is 5.45. The van der Waals surface area contributed by atoms with Crippen molar-refractivity contribution in [1.29, 1.82) is 0 Å². The van der Waals surface area contributed by atoms with Gasteiger partial charge in [-0.1, -0.05) is 24.6 Å². The number of hydrogen-bond acceptors (Lipinski definition) is 2. The molecular formula is C17H13ClF4O3. The van der Waals surface area contributed by atoms with E-state index in [1.807, 2.05) is 0 Å². The molecule has 0 heterocycles. The molecule has 134 valence electrons. The fourth-order valence-electron chi connectivity index (χ4n) is 2.30. The summed E-state index contributed by atoms with van der Waals surface area (Å²) in [6.45, 7) is 1.41. The molecular weight excluding hydrogens is 364 g/mol. The summed E-state index contributed by atoms with van der Waals surface area (Å²) in [5, 5.41) is 8.97. The lowest BCUT2D eigenvalue weighted by Gasteiger charge is -2.16. The van der Waals surface area contributed by atoms with Crippen molar-refractivity contribution in [1.82, 2.24) is 0 Å². The maximum atomic E-state index is 13.4. The van der Waals surface area contributed by atoms with Gasteiger partial charge in [-0.05, 0) is 41.8 Å². The Bertz CT molecular complexity index is 790. The molecule has 3 nitrogen and oxygen atoms in total. The standard InChI is InChI=1S/C17H13ClF4O3/c1-9(8-17(20,21)22)12-4-2-11(7-14(12)18)25-10-3-5-15(19)13(6-10)16(23)24/h2-7,9H,8H2,1H3,(H,23,24)/t9-/m1/s1. The maximum Gasteiger partial charge on any atom is 0.389 e. The minimum Gasteiger partial charge on any atom is -0.478 e. The largest absolute Gasteiger partial charge is 0.478 e. The molecule has 0 amide bonds. The van der Waals surface area contributed by atoms with Crippen molar-refractivity contribution < 1.29 is 32.2 Å². The smallest absolute Gasteiger partial charge is 0.389 e. The van der Waals surface area contributed by atoms with Crippen LogP contribution < -0.4 is 4.74 Å². The Labute approximate surface area is 145 Å². The van der Waals surface area contributed by atoms with Crippen molar-refractivity contribution in [2.45, 2.75) is 25.4 Å². The number of hydrogen-bond donors (Lipinski definition) is 1. The van der Waals surface area contributed by atoms with E-state index in [0.29, 0.717) is 5.56 Å². The van der Waals surface area contributed by atoms with Crippen LogP contribution in [0.3, 0.4) is 0 Å². The highest BCUT2D eigenvalue weighted by molar-refractivity contribution is 6.31. The molecule has 0 aliphatic rings. The van der Waals surface area contributed by atoms with E-state index in [0.717, 1.165) is 12.1 Å². The van der Waals surface area contributed by atoms with Crippen molar-refractivity contribution >= 4 is 17.6 Å². The number of halogens is 5. The molecule has 8 heteroatoms. The van der Waals surface area contributed by atoms with Crippen LogP contribution in [0.25, 0.3) is 0 Å². The van der Waals surface area contributed by atoms with E-state index in [1.165, 1.54) is 31.2 Å². The monoisotopic (exact) mass is 376 g/mol. The quantitative estimate of drug-likeness (QED) is 0.648. The van der Waals surface area contributed by atoms with E-state index in [9.17, 15) is 22.4 Å². The van der Waals surface area contributed by atoms with Crippen LogP contribution in [0.15, 0.2) is 36.4 Å². The molecule has 0 aromatic heterocycles. The zero-order valence-corrected chi connectivity index (χ0v) is 13.7. The van der Waals surface area contributed by atoms with Gasteiger partial charge in [0.2, 0.25) is 0 Å².